The van der Waals surface area contributed by atoms with E-state index in [2.05, 4.69) is 18.7 Å². The van der Waals surface area contributed by atoms with Crippen LogP contribution in [0.3, 0.4) is 0 Å². The number of carbonyl (C=O) groups is 1. The van der Waals surface area contributed by atoms with Crippen LogP contribution in [0.2, 0.25) is 0 Å². The van der Waals surface area contributed by atoms with Crippen molar-refractivity contribution in [2.24, 2.45) is 22.9 Å². The van der Waals surface area contributed by atoms with E-state index in [0.717, 1.165) is 67.4 Å². The number of fused-ring (bicyclic) bond motifs is 2. The maximum absolute atomic E-state index is 11.8. The highest BCUT2D eigenvalue weighted by Crippen LogP contribution is 2.63. The van der Waals surface area contributed by atoms with E-state index in [1.807, 2.05) is 36.9 Å². The number of aldehydes is 1. The summed E-state index contributed by atoms with van der Waals surface area (Å²) in [5.74, 6) is 1.68. The number of carbonyl (C=O) groups excluding carboxylic acids is 1. The van der Waals surface area contributed by atoms with Gasteiger partial charge in [0.2, 0.25) is 5.79 Å². The maximum Gasteiger partial charge on any atom is 0.230 e. The molecule has 2 aromatic carbocycles. The standard InChI is InChI=1S/C42H55NO8S/c1-4-22-48-42-39(52-32-13-6-7-14-32)26-36(43-49-5-2)34-24-28(12-8-10-20-44)33(15-9-11-21-45)40(41(34)42)35-25-31(17-19-38(35)51-42)50-30-16-18-37(47-3)29(23-30)27-46/h4,16-19,23-25,27-28,32-33,39-41,44-45H,1,5-15,20-22,26H2,2-3H3. The second-order valence-electron chi connectivity index (χ2n) is 14.3. The molecule has 0 saturated heterocycles. The van der Waals surface area contributed by atoms with E-state index in [1.165, 1.54) is 25.7 Å². The molecule has 6 unspecified atom stereocenters. The minimum absolute atomic E-state index is 0.0184. The van der Waals surface area contributed by atoms with Crippen LogP contribution in [0.15, 0.2) is 65.9 Å². The summed E-state index contributed by atoms with van der Waals surface area (Å²) in [7, 11) is 1.54. The van der Waals surface area contributed by atoms with E-state index in [4.69, 9.17) is 28.9 Å². The highest BCUT2D eigenvalue weighted by Gasteiger charge is 2.64. The zero-order chi connectivity index (χ0) is 36.5. The van der Waals surface area contributed by atoms with Crippen LogP contribution in [0.4, 0.5) is 0 Å². The zero-order valence-corrected chi connectivity index (χ0v) is 31.5. The fourth-order valence-corrected chi connectivity index (χ4v) is 10.7. The summed E-state index contributed by atoms with van der Waals surface area (Å²) in [5.41, 5.74) is 3.56. The number of rotatable bonds is 19. The molecular weight excluding hydrogens is 679 g/mol. The van der Waals surface area contributed by atoms with Gasteiger partial charge in [-0.15, -0.1) is 18.3 Å². The molecule has 4 aliphatic rings. The van der Waals surface area contributed by atoms with Crippen molar-refractivity contribution in [3.8, 4) is 23.0 Å². The molecule has 282 valence electrons. The van der Waals surface area contributed by atoms with Gasteiger partial charge in [0.25, 0.3) is 0 Å². The SMILES string of the molecule is C=CCOC12Oc3ccc(Oc4ccc(OC)c(C=O)c4)cc3C3C(CCCCO)C(CCCCO)C=C(C(=NOCC)CC1SC1CCCC1)C32. The number of hydrogen-bond donors (Lipinski definition) is 2. The molecule has 1 aliphatic heterocycles. The fraction of sp³-hybridized carbons (Fsp3) is 0.571. The summed E-state index contributed by atoms with van der Waals surface area (Å²) in [6.45, 7) is 7.13. The summed E-state index contributed by atoms with van der Waals surface area (Å²) >= 11 is 1.99. The van der Waals surface area contributed by atoms with Gasteiger partial charge in [-0.25, -0.2) is 0 Å². The van der Waals surface area contributed by atoms with Gasteiger partial charge in [-0.3, -0.25) is 4.79 Å². The molecule has 6 atom stereocenters. The molecule has 0 aromatic heterocycles. The van der Waals surface area contributed by atoms with E-state index < -0.39 is 5.79 Å². The molecule has 3 aliphatic carbocycles. The van der Waals surface area contributed by atoms with Gasteiger partial charge >= 0.3 is 0 Å². The molecule has 0 amide bonds. The number of aliphatic hydroxyl groups is 2. The second kappa shape index (κ2) is 18.1. The lowest BCUT2D eigenvalue weighted by molar-refractivity contribution is -0.223. The Morgan fingerprint density at radius 2 is 1.79 bits per heavy atom. The Hall–Kier alpha value is -3.31. The number of oxime groups is 1. The van der Waals surface area contributed by atoms with Crippen molar-refractivity contribution in [3.63, 3.8) is 0 Å². The van der Waals surface area contributed by atoms with Crippen molar-refractivity contribution in [2.75, 3.05) is 33.5 Å². The number of methoxy groups -OCH3 is 1. The van der Waals surface area contributed by atoms with Crippen LogP contribution in [0.1, 0.15) is 99.4 Å². The normalized spacial score (nSPS) is 27.3. The number of hydrogen-bond acceptors (Lipinski definition) is 10. The van der Waals surface area contributed by atoms with Crippen molar-refractivity contribution in [1.82, 2.24) is 0 Å². The number of ether oxygens (including phenoxy) is 4. The van der Waals surface area contributed by atoms with Gasteiger partial charge in [-0.1, -0.05) is 43.0 Å². The Kier molecular flexibility index (Phi) is 13.4. The molecule has 2 fully saturated rings. The third-order valence-corrected chi connectivity index (χ3v) is 12.8. The first kappa shape index (κ1) is 38.4. The van der Waals surface area contributed by atoms with E-state index in [9.17, 15) is 15.0 Å². The van der Waals surface area contributed by atoms with Crippen LogP contribution in [-0.4, -0.2) is 72.0 Å². The van der Waals surface area contributed by atoms with Crippen LogP contribution in [-0.2, 0) is 9.57 Å². The van der Waals surface area contributed by atoms with Crippen molar-refractivity contribution < 1.29 is 38.8 Å². The van der Waals surface area contributed by atoms with Crippen LogP contribution in [0.25, 0.3) is 0 Å². The summed E-state index contributed by atoms with van der Waals surface area (Å²) in [6.07, 6.45) is 15.6. The Morgan fingerprint density at radius 1 is 1.04 bits per heavy atom. The van der Waals surface area contributed by atoms with E-state index in [-0.39, 0.29) is 42.1 Å². The molecule has 0 bridgehead atoms. The molecule has 1 heterocycles. The highest BCUT2D eigenvalue weighted by atomic mass is 32.2. The summed E-state index contributed by atoms with van der Waals surface area (Å²) in [4.78, 5) is 17.6. The second-order valence-corrected chi connectivity index (χ2v) is 15.8. The average Bonchev–Trinajstić information content (AvgIpc) is 3.68. The average molecular weight is 734 g/mol. The van der Waals surface area contributed by atoms with Gasteiger partial charge in [-0.05, 0) is 99.3 Å². The topological polar surface area (TPSA) is 116 Å². The monoisotopic (exact) mass is 733 g/mol. The number of aliphatic hydroxyl groups excluding tert-OH is 2. The minimum atomic E-state index is -0.974. The molecule has 6 rings (SSSR count). The highest BCUT2D eigenvalue weighted by molar-refractivity contribution is 8.00. The van der Waals surface area contributed by atoms with Gasteiger partial charge in [0, 0.05) is 36.4 Å². The predicted octanol–water partition coefficient (Wildman–Crippen LogP) is 8.63. The first-order chi connectivity index (χ1) is 25.5. The third-order valence-electron chi connectivity index (χ3n) is 11.1. The van der Waals surface area contributed by atoms with Gasteiger partial charge in [0.1, 0.15) is 29.6 Å². The molecule has 2 saturated carbocycles. The number of benzene rings is 2. The van der Waals surface area contributed by atoms with Crippen LogP contribution in [0.5, 0.6) is 23.0 Å². The van der Waals surface area contributed by atoms with E-state index in [0.29, 0.717) is 47.7 Å². The van der Waals surface area contributed by atoms with Gasteiger partial charge in [0.05, 0.1) is 36.2 Å². The first-order valence-corrected chi connectivity index (χ1v) is 20.1. The first-order valence-electron chi connectivity index (χ1n) is 19.2. The summed E-state index contributed by atoms with van der Waals surface area (Å²) < 4.78 is 26.1. The van der Waals surface area contributed by atoms with Gasteiger partial charge in [-0.2, -0.15) is 0 Å². The van der Waals surface area contributed by atoms with Crippen molar-refractivity contribution in [3.05, 3.63) is 71.8 Å². The Bertz CT molecular complexity index is 1590. The lowest BCUT2D eigenvalue weighted by Crippen LogP contribution is -2.64. The van der Waals surface area contributed by atoms with Crippen molar-refractivity contribution in [2.45, 2.75) is 99.8 Å². The van der Waals surface area contributed by atoms with Gasteiger partial charge in [0.15, 0.2) is 6.29 Å². The Labute approximate surface area is 312 Å². The lowest BCUT2D eigenvalue weighted by atomic mass is 9.56. The molecule has 9 nitrogen and oxygen atoms in total. The smallest absolute Gasteiger partial charge is 0.230 e. The third kappa shape index (κ3) is 8.10. The lowest BCUT2D eigenvalue weighted by Gasteiger charge is -2.58. The number of unbranched alkanes of at least 4 members (excludes halogenated alkanes) is 2. The molecule has 2 aromatic rings. The number of allylic oxidation sites excluding steroid dienone is 1. The Morgan fingerprint density at radius 3 is 2.50 bits per heavy atom. The summed E-state index contributed by atoms with van der Waals surface area (Å²) in [5, 5.41) is 24.9. The minimum Gasteiger partial charge on any atom is -0.496 e. The summed E-state index contributed by atoms with van der Waals surface area (Å²) in [6, 6.07) is 11.3. The quantitative estimate of drug-likeness (QED) is 0.0634. The molecule has 10 heteroatoms. The molecular formula is C42H55NO8S. The maximum atomic E-state index is 11.8. The molecule has 2 N–H and O–H groups in total. The molecule has 52 heavy (non-hydrogen) atoms. The van der Waals surface area contributed by atoms with E-state index in [1.54, 1.807) is 25.3 Å². The van der Waals surface area contributed by atoms with Crippen LogP contribution in [0, 0.1) is 17.8 Å². The number of thioether (sulfide) groups is 1. The largest absolute Gasteiger partial charge is 0.496 e. The molecule has 0 radical (unpaired) electrons. The van der Waals surface area contributed by atoms with E-state index >= 15 is 0 Å². The molecule has 0 spiro atoms. The van der Waals surface area contributed by atoms with Crippen LogP contribution < -0.4 is 14.2 Å². The fourth-order valence-electron chi connectivity index (χ4n) is 8.91. The zero-order valence-electron chi connectivity index (χ0n) is 30.7. The predicted molar refractivity (Wildman–Crippen MR) is 205 cm³/mol. The van der Waals surface area contributed by atoms with Gasteiger partial charge < -0.3 is 34.0 Å². The van der Waals surface area contributed by atoms with Crippen molar-refractivity contribution in [1.29, 1.82) is 0 Å². The Balaban J connectivity index is 1.52. The number of nitrogens with zero attached hydrogens (tertiary/aromatic N) is 1. The van der Waals surface area contributed by atoms with Crippen LogP contribution >= 0.6 is 11.8 Å². The van der Waals surface area contributed by atoms with Crippen molar-refractivity contribution >= 4 is 23.8 Å².